The number of nitrogens with zero attached hydrogens (tertiary/aromatic N) is 4. The minimum atomic E-state index is -3.88. The summed E-state index contributed by atoms with van der Waals surface area (Å²) in [5.74, 6) is -0.429. The van der Waals surface area contributed by atoms with Gasteiger partial charge in [0.1, 0.15) is 12.1 Å². The quantitative estimate of drug-likeness (QED) is 0.344. The largest absolute Gasteiger partial charge is 0.328 e. The Hall–Kier alpha value is -2.96. The summed E-state index contributed by atoms with van der Waals surface area (Å²) < 4.78 is 55.8. The fourth-order valence-electron chi connectivity index (χ4n) is 1.97. The lowest BCUT2D eigenvalue weighted by atomic mass is 10.1. The van der Waals surface area contributed by atoms with E-state index in [-0.39, 0.29) is 34.1 Å². The molecule has 0 saturated heterocycles. The Balaban J connectivity index is 2.99. The maximum atomic E-state index is 11.7. The number of benzene rings is 1. The lowest BCUT2D eigenvalue weighted by Crippen LogP contribution is -2.10. The lowest BCUT2D eigenvalue weighted by Gasteiger charge is -2.03. The lowest BCUT2D eigenvalue weighted by molar-refractivity contribution is 0.338. The summed E-state index contributed by atoms with van der Waals surface area (Å²) in [7, 11) is -7.77. The summed E-state index contributed by atoms with van der Waals surface area (Å²) in [5.41, 5.74) is -0.0904. The Kier molecular flexibility index (Phi) is 9.95. The zero-order valence-electron chi connectivity index (χ0n) is 16.6. The van der Waals surface area contributed by atoms with Crippen LogP contribution in [0.15, 0.2) is 34.6 Å². The minimum absolute atomic E-state index is 0.214. The smallest absolute Gasteiger partial charge is 0.267 e. The van der Waals surface area contributed by atoms with E-state index in [4.69, 9.17) is 0 Å². The Morgan fingerprint density at radius 2 is 1.13 bits per heavy atom. The molecule has 0 amide bonds. The van der Waals surface area contributed by atoms with Crippen LogP contribution in [0.25, 0.3) is 0 Å². The van der Waals surface area contributed by atoms with Crippen LogP contribution in [0, 0.1) is 22.7 Å². The van der Waals surface area contributed by atoms with Gasteiger partial charge in [-0.3, -0.25) is 8.57 Å². The van der Waals surface area contributed by atoms with E-state index in [9.17, 15) is 27.4 Å². The van der Waals surface area contributed by atoms with Crippen LogP contribution in [0.3, 0.4) is 0 Å². The fourth-order valence-corrected chi connectivity index (χ4v) is 3.78. The molecule has 0 spiro atoms. The summed E-state index contributed by atoms with van der Waals surface area (Å²) in [6.07, 6.45) is 2.12. The van der Waals surface area contributed by atoms with Crippen molar-refractivity contribution in [3.05, 3.63) is 35.4 Å². The standard InChI is InChI=1S/C18H22N4O6S2/c1-3-5-11-29(23,24)27-21-17(13-19)15-7-9-16(10-8-15)18(14-20)22-28-30(25,26)12-6-4-2/h7-10H,3-6,11-12H2,1-2H3. The summed E-state index contributed by atoms with van der Waals surface area (Å²) in [5, 5.41) is 25.2. The van der Waals surface area contributed by atoms with E-state index in [0.717, 1.165) is 0 Å². The van der Waals surface area contributed by atoms with Crippen molar-refractivity contribution >= 4 is 31.7 Å². The van der Waals surface area contributed by atoms with Crippen molar-refractivity contribution < 1.29 is 25.4 Å². The molecule has 30 heavy (non-hydrogen) atoms. The first-order valence-electron chi connectivity index (χ1n) is 9.07. The van der Waals surface area contributed by atoms with Crippen molar-refractivity contribution in [3.8, 4) is 12.1 Å². The van der Waals surface area contributed by atoms with Gasteiger partial charge < -0.3 is 0 Å². The molecule has 1 rings (SSSR count). The monoisotopic (exact) mass is 454 g/mol. The summed E-state index contributed by atoms with van der Waals surface area (Å²) in [4.78, 5) is 0. The van der Waals surface area contributed by atoms with Gasteiger partial charge in [-0.2, -0.15) is 27.4 Å². The molecule has 162 valence electrons. The number of hydrogen-bond donors (Lipinski definition) is 0. The second kappa shape index (κ2) is 11.9. The molecule has 0 bridgehead atoms. The number of rotatable bonds is 12. The molecule has 0 aromatic heterocycles. The van der Waals surface area contributed by atoms with Crippen LogP contribution >= 0.6 is 0 Å². The number of hydrogen-bond acceptors (Lipinski definition) is 10. The average Bonchev–Trinajstić information content (AvgIpc) is 2.72. The predicted octanol–water partition coefficient (Wildman–Crippen LogP) is 2.43. The highest BCUT2D eigenvalue weighted by Crippen LogP contribution is 2.10. The van der Waals surface area contributed by atoms with Crippen LogP contribution in [0.1, 0.15) is 50.7 Å². The van der Waals surface area contributed by atoms with Crippen LogP contribution in [0.4, 0.5) is 0 Å². The molecule has 0 atom stereocenters. The molecular formula is C18H22N4O6S2. The van der Waals surface area contributed by atoms with Crippen LogP contribution in [0.2, 0.25) is 0 Å². The minimum Gasteiger partial charge on any atom is -0.267 e. The third-order valence-electron chi connectivity index (χ3n) is 3.62. The molecule has 1 aromatic carbocycles. The van der Waals surface area contributed by atoms with Gasteiger partial charge in [0.15, 0.2) is 11.4 Å². The van der Waals surface area contributed by atoms with Crippen LogP contribution < -0.4 is 0 Å². The van der Waals surface area contributed by atoms with E-state index in [1.165, 1.54) is 24.3 Å². The molecule has 0 aliphatic carbocycles. The molecule has 0 aliphatic rings. The first kappa shape index (κ1) is 25.1. The maximum absolute atomic E-state index is 11.7. The van der Waals surface area contributed by atoms with Gasteiger partial charge in [-0.1, -0.05) is 61.3 Å². The highest BCUT2D eigenvalue weighted by molar-refractivity contribution is 7.86. The second-order valence-corrected chi connectivity index (χ2v) is 9.41. The van der Waals surface area contributed by atoms with Gasteiger partial charge in [0.05, 0.1) is 11.5 Å². The Morgan fingerprint density at radius 3 is 1.40 bits per heavy atom. The third kappa shape index (κ3) is 8.59. The third-order valence-corrected chi connectivity index (χ3v) is 5.80. The zero-order valence-corrected chi connectivity index (χ0v) is 18.2. The molecule has 0 unspecified atom stereocenters. The Bertz CT molecular complexity index is 976. The molecule has 1 aromatic rings. The average molecular weight is 455 g/mol. The number of unbranched alkanes of at least 4 members (excludes halogenated alkanes) is 2. The van der Waals surface area contributed by atoms with Gasteiger partial charge in [-0.25, -0.2) is 0 Å². The van der Waals surface area contributed by atoms with E-state index in [1.807, 2.05) is 13.8 Å². The topological polar surface area (TPSA) is 159 Å². The fraction of sp³-hybridized carbons (Fsp3) is 0.444. The van der Waals surface area contributed by atoms with Gasteiger partial charge in [0.25, 0.3) is 0 Å². The summed E-state index contributed by atoms with van der Waals surface area (Å²) >= 11 is 0. The zero-order chi connectivity index (χ0) is 22.6. The Morgan fingerprint density at radius 1 is 0.800 bits per heavy atom. The van der Waals surface area contributed by atoms with E-state index >= 15 is 0 Å². The van der Waals surface area contributed by atoms with Crippen LogP contribution in [-0.2, 0) is 28.8 Å². The molecular weight excluding hydrogens is 432 g/mol. The van der Waals surface area contributed by atoms with Gasteiger partial charge in [-0.05, 0) is 12.8 Å². The van der Waals surface area contributed by atoms with Crippen molar-refractivity contribution in [2.24, 2.45) is 10.3 Å². The second-order valence-electron chi connectivity index (χ2n) is 6.06. The van der Waals surface area contributed by atoms with E-state index in [0.29, 0.717) is 25.7 Å². The highest BCUT2D eigenvalue weighted by atomic mass is 32.2. The van der Waals surface area contributed by atoms with Crippen molar-refractivity contribution in [3.63, 3.8) is 0 Å². The van der Waals surface area contributed by atoms with Crippen LogP contribution in [-0.4, -0.2) is 39.8 Å². The van der Waals surface area contributed by atoms with Gasteiger partial charge in [0.2, 0.25) is 0 Å². The number of nitriles is 2. The molecule has 0 saturated carbocycles. The summed E-state index contributed by atoms with van der Waals surface area (Å²) in [6, 6.07) is 9.02. The molecule has 12 heteroatoms. The Labute approximate surface area is 176 Å². The predicted molar refractivity (Wildman–Crippen MR) is 110 cm³/mol. The highest BCUT2D eigenvalue weighted by Gasteiger charge is 2.14. The van der Waals surface area contributed by atoms with E-state index < -0.39 is 20.2 Å². The van der Waals surface area contributed by atoms with E-state index in [2.05, 4.69) is 18.9 Å². The molecule has 0 radical (unpaired) electrons. The molecule has 0 fully saturated rings. The first-order valence-corrected chi connectivity index (χ1v) is 12.2. The first-order chi connectivity index (χ1) is 14.2. The van der Waals surface area contributed by atoms with Crippen molar-refractivity contribution in [2.45, 2.75) is 39.5 Å². The molecule has 0 heterocycles. The normalized spacial score (nSPS) is 12.7. The molecule has 0 N–H and O–H groups in total. The SMILES string of the molecule is CCCCS(=O)(=O)ON=C(C#N)c1ccc(C(C#N)=NOS(=O)(=O)CCCC)cc1. The van der Waals surface area contributed by atoms with Crippen LogP contribution in [0.5, 0.6) is 0 Å². The molecule has 10 nitrogen and oxygen atoms in total. The van der Waals surface area contributed by atoms with Gasteiger partial charge >= 0.3 is 20.2 Å². The van der Waals surface area contributed by atoms with Gasteiger partial charge in [0, 0.05) is 11.1 Å². The summed E-state index contributed by atoms with van der Waals surface area (Å²) in [6.45, 7) is 3.65. The maximum Gasteiger partial charge on any atom is 0.328 e. The molecule has 0 aliphatic heterocycles. The van der Waals surface area contributed by atoms with Crippen molar-refractivity contribution in [1.29, 1.82) is 10.5 Å². The van der Waals surface area contributed by atoms with Gasteiger partial charge in [-0.15, -0.1) is 0 Å². The van der Waals surface area contributed by atoms with Crippen molar-refractivity contribution in [1.82, 2.24) is 0 Å². The van der Waals surface area contributed by atoms with Crippen molar-refractivity contribution in [2.75, 3.05) is 11.5 Å². The van der Waals surface area contributed by atoms with E-state index in [1.54, 1.807) is 12.1 Å². The number of oxime groups is 2.